The standard InChI is InChI=1S/C11H9IO2/c12-9-6-7-10(13)14-11(9)8-4-2-1-3-5-8/h1-5H,6-7H2. The molecular weight excluding hydrogens is 291 g/mol. The van der Waals surface area contributed by atoms with Crippen molar-refractivity contribution in [3.8, 4) is 0 Å². The van der Waals surface area contributed by atoms with Crippen LogP contribution in [0.4, 0.5) is 0 Å². The molecule has 2 rings (SSSR count). The van der Waals surface area contributed by atoms with E-state index < -0.39 is 0 Å². The van der Waals surface area contributed by atoms with Gasteiger partial charge >= 0.3 is 5.97 Å². The summed E-state index contributed by atoms with van der Waals surface area (Å²) in [5, 5.41) is 0. The predicted molar refractivity (Wildman–Crippen MR) is 62.7 cm³/mol. The van der Waals surface area contributed by atoms with Gasteiger partial charge < -0.3 is 4.74 Å². The predicted octanol–water partition coefficient (Wildman–Crippen LogP) is 3.13. The lowest BCUT2D eigenvalue weighted by Crippen LogP contribution is -2.09. The van der Waals surface area contributed by atoms with Crippen LogP contribution < -0.4 is 0 Å². The van der Waals surface area contributed by atoms with E-state index >= 15 is 0 Å². The van der Waals surface area contributed by atoms with Crippen LogP contribution in [0.3, 0.4) is 0 Å². The monoisotopic (exact) mass is 300 g/mol. The molecule has 0 saturated carbocycles. The van der Waals surface area contributed by atoms with Crippen molar-refractivity contribution in [3.63, 3.8) is 0 Å². The highest BCUT2D eigenvalue weighted by molar-refractivity contribution is 14.1. The van der Waals surface area contributed by atoms with Gasteiger partial charge in [-0.2, -0.15) is 0 Å². The molecule has 0 amide bonds. The van der Waals surface area contributed by atoms with Gasteiger partial charge in [0.2, 0.25) is 0 Å². The first kappa shape index (κ1) is 9.71. The summed E-state index contributed by atoms with van der Waals surface area (Å²) in [6.45, 7) is 0. The molecule has 72 valence electrons. The van der Waals surface area contributed by atoms with Crippen molar-refractivity contribution in [2.75, 3.05) is 0 Å². The summed E-state index contributed by atoms with van der Waals surface area (Å²) in [6, 6.07) is 9.73. The second-order valence-electron chi connectivity index (χ2n) is 3.07. The van der Waals surface area contributed by atoms with E-state index in [4.69, 9.17) is 4.74 Å². The van der Waals surface area contributed by atoms with Gasteiger partial charge in [-0.05, 0) is 29.0 Å². The number of carbonyl (C=O) groups is 1. The zero-order valence-electron chi connectivity index (χ0n) is 7.50. The third kappa shape index (κ3) is 1.97. The van der Waals surface area contributed by atoms with E-state index in [9.17, 15) is 4.79 Å². The van der Waals surface area contributed by atoms with E-state index in [0.29, 0.717) is 6.42 Å². The van der Waals surface area contributed by atoms with Crippen molar-refractivity contribution in [1.82, 2.24) is 0 Å². The Kier molecular flexibility index (Phi) is 2.86. The van der Waals surface area contributed by atoms with Gasteiger partial charge in [-0.3, -0.25) is 4.79 Å². The number of carbonyl (C=O) groups excluding carboxylic acids is 1. The molecule has 0 aromatic heterocycles. The van der Waals surface area contributed by atoms with Crippen LogP contribution in [0.1, 0.15) is 18.4 Å². The minimum atomic E-state index is -0.135. The van der Waals surface area contributed by atoms with Gasteiger partial charge in [0.05, 0.1) is 6.42 Å². The number of ether oxygens (including phenoxy) is 1. The lowest BCUT2D eigenvalue weighted by molar-refractivity contribution is -0.137. The molecule has 0 fully saturated rings. The Bertz CT molecular complexity index is 382. The Labute approximate surface area is 96.1 Å². The lowest BCUT2D eigenvalue weighted by atomic mass is 10.1. The molecule has 0 N–H and O–H groups in total. The van der Waals surface area contributed by atoms with E-state index in [1.807, 2.05) is 30.3 Å². The van der Waals surface area contributed by atoms with Gasteiger partial charge in [0, 0.05) is 9.14 Å². The molecular formula is C11H9IO2. The number of hydrogen-bond donors (Lipinski definition) is 0. The number of rotatable bonds is 1. The summed E-state index contributed by atoms with van der Waals surface area (Å²) < 4.78 is 6.34. The van der Waals surface area contributed by atoms with E-state index in [-0.39, 0.29) is 5.97 Å². The minimum absolute atomic E-state index is 0.135. The summed E-state index contributed by atoms with van der Waals surface area (Å²) >= 11 is 2.23. The van der Waals surface area contributed by atoms with Crippen LogP contribution in [0.15, 0.2) is 33.9 Å². The maximum atomic E-state index is 11.1. The highest BCUT2D eigenvalue weighted by atomic mass is 127. The second-order valence-corrected chi connectivity index (χ2v) is 4.38. The first-order valence-electron chi connectivity index (χ1n) is 4.42. The van der Waals surface area contributed by atoms with Crippen LogP contribution in [-0.2, 0) is 9.53 Å². The summed E-state index contributed by atoms with van der Waals surface area (Å²) in [4.78, 5) is 11.1. The molecule has 0 atom stereocenters. The number of benzene rings is 1. The Morgan fingerprint density at radius 3 is 2.57 bits per heavy atom. The van der Waals surface area contributed by atoms with Crippen molar-refractivity contribution in [2.24, 2.45) is 0 Å². The van der Waals surface area contributed by atoms with E-state index in [2.05, 4.69) is 22.6 Å². The van der Waals surface area contributed by atoms with E-state index in [0.717, 1.165) is 21.3 Å². The fourth-order valence-corrected chi connectivity index (χ4v) is 2.04. The third-order valence-corrected chi connectivity index (χ3v) is 3.08. The van der Waals surface area contributed by atoms with Crippen LogP contribution in [0, 0.1) is 0 Å². The number of allylic oxidation sites excluding steroid dienone is 1. The molecule has 1 aromatic rings. The molecule has 0 spiro atoms. The highest BCUT2D eigenvalue weighted by Gasteiger charge is 2.19. The molecule has 0 bridgehead atoms. The first-order chi connectivity index (χ1) is 6.77. The Morgan fingerprint density at radius 1 is 1.14 bits per heavy atom. The Hall–Kier alpha value is -0.840. The quantitative estimate of drug-likeness (QED) is 0.588. The minimum Gasteiger partial charge on any atom is -0.425 e. The van der Waals surface area contributed by atoms with Crippen LogP contribution in [0.5, 0.6) is 0 Å². The summed E-state index contributed by atoms with van der Waals surface area (Å²) in [5.41, 5.74) is 0.977. The maximum absolute atomic E-state index is 11.1. The van der Waals surface area contributed by atoms with Crippen molar-refractivity contribution in [3.05, 3.63) is 39.5 Å². The Balaban J connectivity index is 2.38. The van der Waals surface area contributed by atoms with E-state index in [1.54, 1.807) is 0 Å². The molecule has 1 heterocycles. The molecule has 0 unspecified atom stereocenters. The van der Waals surface area contributed by atoms with Crippen LogP contribution in [0.2, 0.25) is 0 Å². The van der Waals surface area contributed by atoms with Crippen molar-refractivity contribution < 1.29 is 9.53 Å². The van der Waals surface area contributed by atoms with Crippen LogP contribution in [-0.4, -0.2) is 5.97 Å². The third-order valence-electron chi connectivity index (χ3n) is 2.05. The maximum Gasteiger partial charge on any atom is 0.311 e. The summed E-state index contributed by atoms with van der Waals surface area (Å²) in [7, 11) is 0. The number of halogens is 1. The van der Waals surface area contributed by atoms with Gasteiger partial charge in [0.15, 0.2) is 0 Å². The number of hydrogen-bond acceptors (Lipinski definition) is 2. The number of esters is 1. The van der Waals surface area contributed by atoms with Crippen LogP contribution >= 0.6 is 22.6 Å². The molecule has 0 aliphatic carbocycles. The largest absolute Gasteiger partial charge is 0.425 e. The summed E-state index contributed by atoms with van der Waals surface area (Å²) in [5.74, 6) is 0.590. The normalized spacial score (nSPS) is 16.8. The van der Waals surface area contributed by atoms with E-state index in [1.165, 1.54) is 0 Å². The fraction of sp³-hybridized carbons (Fsp3) is 0.182. The molecule has 3 heteroatoms. The van der Waals surface area contributed by atoms with Gasteiger partial charge in [0.25, 0.3) is 0 Å². The molecule has 1 aliphatic rings. The van der Waals surface area contributed by atoms with Crippen molar-refractivity contribution in [1.29, 1.82) is 0 Å². The molecule has 1 aliphatic heterocycles. The molecule has 0 radical (unpaired) electrons. The average Bonchev–Trinajstić information content (AvgIpc) is 2.23. The average molecular weight is 300 g/mol. The van der Waals surface area contributed by atoms with Crippen molar-refractivity contribution >= 4 is 34.3 Å². The summed E-state index contributed by atoms with van der Waals surface area (Å²) in [6.07, 6.45) is 1.29. The zero-order chi connectivity index (χ0) is 9.97. The number of cyclic esters (lactones) is 1. The van der Waals surface area contributed by atoms with Gasteiger partial charge in [-0.15, -0.1) is 0 Å². The van der Waals surface area contributed by atoms with Gasteiger partial charge in [0.1, 0.15) is 5.76 Å². The lowest BCUT2D eigenvalue weighted by Gasteiger charge is -2.16. The smallest absolute Gasteiger partial charge is 0.311 e. The zero-order valence-corrected chi connectivity index (χ0v) is 9.65. The second kappa shape index (κ2) is 4.13. The Morgan fingerprint density at radius 2 is 1.86 bits per heavy atom. The fourth-order valence-electron chi connectivity index (χ4n) is 1.35. The molecule has 1 aromatic carbocycles. The van der Waals surface area contributed by atoms with Gasteiger partial charge in [-0.1, -0.05) is 30.3 Å². The molecule has 2 nitrogen and oxygen atoms in total. The molecule has 0 saturated heterocycles. The van der Waals surface area contributed by atoms with Gasteiger partial charge in [-0.25, -0.2) is 0 Å². The SMILES string of the molecule is O=C1CCC(I)=C(c2ccccc2)O1. The first-order valence-corrected chi connectivity index (χ1v) is 5.50. The van der Waals surface area contributed by atoms with Crippen molar-refractivity contribution in [2.45, 2.75) is 12.8 Å². The molecule has 14 heavy (non-hydrogen) atoms. The van der Waals surface area contributed by atoms with Crippen LogP contribution in [0.25, 0.3) is 5.76 Å². The highest BCUT2D eigenvalue weighted by Crippen LogP contribution is 2.31. The topological polar surface area (TPSA) is 26.3 Å².